The summed E-state index contributed by atoms with van der Waals surface area (Å²) in [6, 6.07) is 10.3. The molecule has 1 N–H and O–H groups in total. The molecule has 2 heterocycles. The molecule has 0 radical (unpaired) electrons. The van der Waals surface area contributed by atoms with Gasteiger partial charge in [-0.3, -0.25) is 0 Å². The van der Waals surface area contributed by atoms with Crippen LogP contribution in [0.4, 0.5) is 0 Å². The van der Waals surface area contributed by atoms with E-state index in [4.69, 9.17) is 5.26 Å². The topological polar surface area (TPSA) is 53.6 Å². The van der Waals surface area contributed by atoms with E-state index < -0.39 is 0 Å². The largest absolute Gasteiger partial charge is 0.307 e. The Morgan fingerprint density at radius 1 is 1.41 bits per heavy atom. The lowest BCUT2D eigenvalue weighted by Crippen LogP contribution is -2.08. The van der Waals surface area contributed by atoms with Crippen LogP contribution in [0.5, 0.6) is 0 Å². The fourth-order valence-electron chi connectivity index (χ4n) is 2.22. The smallest absolute Gasteiger partial charge is 0.167 e. The molecule has 2 aromatic rings. The Morgan fingerprint density at radius 3 is 3.06 bits per heavy atom. The van der Waals surface area contributed by atoms with Crippen molar-refractivity contribution >= 4 is 0 Å². The standard InChI is InChI=1S/C13H12N4/c1-9-3-2-4-10(5-9)17-13-8-15-7-11(13)12(6-14)16-17/h2-5,15H,7-8H2,1H3. The molecular weight excluding hydrogens is 212 g/mol. The van der Waals surface area contributed by atoms with Crippen LogP contribution in [0.15, 0.2) is 24.3 Å². The predicted molar refractivity (Wildman–Crippen MR) is 63.6 cm³/mol. The van der Waals surface area contributed by atoms with Crippen LogP contribution >= 0.6 is 0 Å². The summed E-state index contributed by atoms with van der Waals surface area (Å²) in [5, 5.41) is 16.7. The summed E-state index contributed by atoms with van der Waals surface area (Å²) in [4.78, 5) is 0. The molecule has 3 rings (SSSR count). The van der Waals surface area contributed by atoms with Gasteiger partial charge in [-0.15, -0.1) is 0 Å². The molecule has 0 saturated carbocycles. The monoisotopic (exact) mass is 224 g/mol. The molecule has 0 amide bonds. The molecule has 0 unspecified atom stereocenters. The molecule has 1 aliphatic heterocycles. The quantitative estimate of drug-likeness (QED) is 0.801. The van der Waals surface area contributed by atoms with Gasteiger partial charge in [-0.1, -0.05) is 12.1 Å². The molecular formula is C13H12N4. The summed E-state index contributed by atoms with van der Waals surface area (Å²) >= 11 is 0. The highest BCUT2D eigenvalue weighted by Gasteiger charge is 2.22. The van der Waals surface area contributed by atoms with Gasteiger partial charge >= 0.3 is 0 Å². The van der Waals surface area contributed by atoms with Gasteiger partial charge in [0.25, 0.3) is 0 Å². The molecule has 4 nitrogen and oxygen atoms in total. The summed E-state index contributed by atoms with van der Waals surface area (Å²) in [7, 11) is 0. The highest BCUT2D eigenvalue weighted by molar-refractivity contribution is 5.44. The van der Waals surface area contributed by atoms with Gasteiger partial charge < -0.3 is 5.32 Å². The summed E-state index contributed by atoms with van der Waals surface area (Å²) in [6.07, 6.45) is 0. The molecule has 17 heavy (non-hydrogen) atoms. The first-order valence-corrected chi connectivity index (χ1v) is 5.58. The summed E-state index contributed by atoms with van der Waals surface area (Å²) < 4.78 is 1.88. The number of aryl methyl sites for hydroxylation is 1. The second kappa shape index (κ2) is 3.72. The van der Waals surface area contributed by atoms with Gasteiger partial charge in [0.1, 0.15) is 6.07 Å². The van der Waals surface area contributed by atoms with Crippen LogP contribution in [-0.2, 0) is 13.1 Å². The molecule has 1 aliphatic rings. The van der Waals surface area contributed by atoms with Gasteiger partial charge in [-0.05, 0) is 24.6 Å². The van der Waals surface area contributed by atoms with E-state index in [9.17, 15) is 0 Å². The third-order valence-electron chi connectivity index (χ3n) is 3.04. The van der Waals surface area contributed by atoms with Gasteiger partial charge in [-0.2, -0.15) is 10.4 Å². The van der Waals surface area contributed by atoms with Gasteiger partial charge in [0, 0.05) is 18.7 Å². The van der Waals surface area contributed by atoms with Gasteiger partial charge in [0.15, 0.2) is 5.69 Å². The first-order chi connectivity index (χ1) is 8.29. The average Bonchev–Trinajstić information content (AvgIpc) is 2.89. The lowest BCUT2D eigenvalue weighted by molar-refractivity contribution is 0.708. The number of hydrogen-bond acceptors (Lipinski definition) is 3. The van der Waals surface area contributed by atoms with Gasteiger partial charge in [0.05, 0.1) is 11.4 Å². The fraction of sp³-hybridized carbons (Fsp3) is 0.231. The maximum absolute atomic E-state index is 9.06. The van der Waals surface area contributed by atoms with Crippen LogP contribution in [0.25, 0.3) is 5.69 Å². The van der Waals surface area contributed by atoms with Crippen molar-refractivity contribution in [1.82, 2.24) is 15.1 Å². The molecule has 84 valence electrons. The van der Waals surface area contributed by atoms with Crippen LogP contribution in [-0.4, -0.2) is 9.78 Å². The van der Waals surface area contributed by atoms with E-state index in [1.165, 1.54) is 5.56 Å². The van der Waals surface area contributed by atoms with Crippen molar-refractivity contribution < 1.29 is 0 Å². The molecule has 0 bridgehead atoms. The molecule has 1 aromatic heterocycles. The van der Waals surface area contributed by atoms with Crippen molar-refractivity contribution in [3.8, 4) is 11.8 Å². The van der Waals surface area contributed by atoms with Crippen LogP contribution in [0.3, 0.4) is 0 Å². The summed E-state index contributed by atoms with van der Waals surface area (Å²) in [6.45, 7) is 3.57. The zero-order valence-electron chi connectivity index (χ0n) is 9.57. The normalized spacial score (nSPS) is 13.4. The van der Waals surface area contributed by atoms with Crippen molar-refractivity contribution in [1.29, 1.82) is 5.26 Å². The highest BCUT2D eigenvalue weighted by atomic mass is 15.3. The minimum atomic E-state index is 0.534. The van der Waals surface area contributed by atoms with Crippen molar-refractivity contribution in [3.63, 3.8) is 0 Å². The molecule has 1 aromatic carbocycles. The Bertz CT molecular complexity index is 619. The zero-order chi connectivity index (χ0) is 11.8. The highest BCUT2D eigenvalue weighted by Crippen LogP contribution is 2.22. The lowest BCUT2D eigenvalue weighted by atomic mass is 10.2. The van der Waals surface area contributed by atoms with Crippen molar-refractivity contribution in [2.24, 2.45) is 0 Å². The maximum Gasteiger partial charge on any atom is 0.167 e. The Morgan fingerprint density at radius 2 is 2.29 bits per heavy atom. The van der Waals surface area contributed by atoms with E-state index in [0.717, 1.165) is 30.0 Å². The van der Waals surface area contributed by atoms with Crippen LogP contribution in [0.1, 0.15) is 22.5 Å². The first kappa shape index (κ1) is 10.1. The Balaban J connectivity index is 2.19. The minimum Gasteiger partial charge on any atom is -0.307 e. The second-order valence-corrected chi connectivity index (χ2v) is 4.24. The van der Waals surface area contributed by atoms with Crippen LogP contribution in [0, 0.1) is 18.3 Å². The van der Waals surface area contributed by atoms with Crippen molar-refractivity contribution in [2.75, 3.05) is 0 Å². The summed E-state index contributed by atoms with van der Waals surface area (Å²) in [5.41, 5.74) is 4.88. The van der Waals surface area contributed by atoms with E-state index in [1.807, 2.05) is 16.8 Å². The molecule has 4 heteroatoms. The van der Waals surface area contributed by atoms with E-state index in [0.29, 0.717) is 5.69 Å². The average molecular weight is 224 g/mol. The van der Waals surface area contributed by atoms with Gasteiger partial charge in [-0.25, -0.2) is 4.68 Å². The third-order valence-corrected chi connectivity index (χ3v) is 3.04. The Kier molecular flexibility index (Phi) is 2.20. The lowest BCUT2D eigenvalue weighted by Gasteiger charge is -2.05. The number of rotatable bonds is 1. The number of nitrogens with zero attached hydrogens (tertiary/aromatic N) is 3. The molecule has 0 atom stereocenters. The zero-order valence-corrected chi connectivity index (χ0v) is 9.57. The molecule has 0 aliphatic carbocycles. The van der Waals surface area contributed by atoms with E-state index in [-0.39, 0.29) is 0 Å². The first-order valence-electron chi connectivity index (χ1n) is 5.58. The van der Waals surface area contributed by atoms with Crippen molar-refractivity contribution in [2.45, 2.75) is 20.0 Å². The molecule has 0 fully saturated rings. The SMILES string of the molecule is Cc1cccc(-n2nc(C#N)c3c2CNC3)c1. The predicted octanol–water partition coefficient (Wildman–Crippen LogP) is 1.66. The molecule has 0 saturated heterocycles. The number of aromatic nitrogens is 2. The number of nitriles is 1. The second-order valence-electron chi connectivity index (χ2n) is 4.24. The summed E-state index contributed by atoms with van der Waals surface area (Å²) in [5.74, 6) is 0. The Labute approximate surface area is 99.5 Å². The van der Waals surface area contributed by atoms with Gasteiger partial charge in [0.2, 0.25) is 0 Å². The number of hydrogen-bond donors (Lipinski definition) is 1. The number of benzene rings is 1. The van der Waals surface area contributed by atoms with E-state index >= 15 is 0 Å². The van der Waals surface area contributed by atoms with Crippen molar-refractivity contribution in [3.05, 3.63) is 46.8 Å². The minimum absolute atomic E-state index is 0.534. The van der Waals surface area contributed by atoms with Crippen LogP contribution < -0.4 is 5.32 Å². The van der Waals surface area contributed by atoms with Crippen LogP contribution in [0.2, 0.25) is 0 Å². The van der Waals surface area contributed by atoms with E-state index in [2.05, 4.69) is 35.5 Å². The Hall–Kier alpha value is -2.12. The third kappa shape index (κ3) is 1.52. The number of nitrogens with one attached hydrogen (secondary N) is 1. The fourth-order valence-corrected chi connectivity index (χ4v) is 2.22. The maximum atomic E-state index is 9.06. The number of fused-ring (bicyclic) bond motifs is 1. The van der Waals surface area contributed by atoms with E-state index in [1.54, 1.807) is 0 Å². The molecule has 0 spiro atoms.